The van der Waals surface area contributed by atoms with Crippen molar-refractivity contribution in [2.75, 3.05) is 0 Å². The van der Waals surface area contributed by atoms with E-state index in [4.69, 9.17) is 9.97 Å². The third kappa shape index (κ3) is 4.55. The van der Waals surface area contributed by atoms with Gasteiger partial charge in [0, 0.05) is 36.3 Å². The van der Waals surface area contributed by atoms with Crippen LogP contribution < -0.4 is 0 Å². The van der Waals surface area contributed by atoms with Crippen LogP contribution in [0, 0.1) is 0 Å². The highest BCUT2D eigenvalue weighted by Gasteiger charge is 2.09. The van der Waals surface area contributed by atoms with Gasteiger partial charge in [0.15, 0.2) is 10.3 Å². The number of nitrogens with zero attached hydrogens (tertiary/aromatic N) is 4. The lowest BCUT2D eigenvalue weighted by Gasteiger charge is -2.01. The number of hydrogen-bond acceptors (Lipinski definition) is 6. The minimum Gasteiger partial charge on any atom is -0.333 e. The molecule has 0 amide bonds. The largest absolute Gasteiger partial charge is 0.333 e. The normalized spacial score (nSPS) is 11.4. The van der Waals surface area contributed by atoms with Crippen LogP contribution in [0.1, 0.15) is 11.1 Å². The second-order valence-electron chi connectivity index (χ2n) is 7.84. The molecule has 8 heteroatoms. The lowest BCUT2D eigenvalue weighted by Crippen LogP contribution is -1.81. The molecule has 0 fully saturated rings. The monoisotopic (exact) mass is 480 g/mol. The van der Waals surface area contributed by atoms with Crippen LogP contribution in [0.15, 0.2) is 95.8 Å². The number of pyridine rings is 2. The van der Waals surface area contributed by atoms with Crippen molar-refractivity contribution in [3.8, 4) is 11.1 Å². The number of H-pyrrole nitrogens is 2. The van der Waals surface area contributed by atoms with Gasteiger partial charge >= 0.3 is 0 Å². The fourth-order valence-electron chi connectivity index (χ4n) is 3.73. The standard InChI is InChI=1S/C26H20N6S2/c1-3-21-23(31-25(29-21)33-15-17-5-9-27-10-6-17)13-19(1)20-2-4-22-24(14-20)32-26(30-22)34-16-18-7-11-28-12-8-18/h1-14H,15-16H2,(H,29,31)(H,30,32). The molecule has 0 saturated heterocycles. The van der Waals surface area contributed by atoms with E-state index < -0.39 is 0 Å². The van der Waals surface area contributed by atoms with Crippen LogP contribution in [-0.2, 0) is 11.5 Å². The Bertz CT molecular complexity index is 1440. The van der Waals surface area contributed by atoms with Gasteiger partial charge in [-0.15, -0.1) is 0 Å². The Morgan fingerprint density at radius 2 is 1.00 bits per heavy atom. The molecule has 2 N–H and O–H groups in total. The van der Waals surface area contributed by atoms with Crippen LogP contribution in [0.4, 0.5) is 0 Å². The van der Waals surface area contributed by atoms with Crippen molar-refractivity contribution in [1.29, 1.82) is 0 Å². The van der Waals surface area contributed by atoms with Gasteiger partial charge in [0.25, 0.3) is 0 Å². The first-order chi connectivity index (χ1) is 16.8. The molecule has 0 aliphatic heterocycles. The van der Waals surface area contributed by atoms with Crippen molar-refractivity contribution in [1.82, 2.24) is 29.9 Å². The maximum absolute atomic E-state index is 4.73. The fraction of sp³-hybridized carbons (Fsp3) is 0.0769. The number of aromatic amines is 2. The van der Waals surface area contributed by atoms with E-state index in [-0.39, 0.29) is 0 Å². The van der Waals surface area contributed by atoms with Crippen molar-refractivity contribution in [2.24, 2.45) is 0 Å². The zero-order chi connectivity index (χ0) is 22.7. The van der Waals surface area contributed by atoms with Gasteiger partial charge < -0.3 is 9.97 Å². The summed E-state index contributed by atoms with van der Waals surface area (Å²) in [6, 6.07) is 20.8. The van der Waals surface area contributed by atoms with E-state index in [9.17, 15) is 0 Å². The predicted molar refractivity (Wildman–Crippen MR) is 139 cm³/mol. The van der Waals surface area contributed by atoms with Crippen LogP contribution >= 0.6 is 23.5 Å². The van der Waals surface area contributed by atoms with Gasteiger partial charge in [0.2, 0.25) is 0 Å². The highest BCUT2D eigenvalue weighted by molar-refractivity contribution is 7.98. The van der Waals surface area contributed by atoms with Gasteiger partial charge in [-0.3, -0.25) is 9.97 Å². The molecular formula is C26H20N6S2. The van der Waals surface area contributed by atoms with Crippen LogP contribution in [0.2, 0.25) is 0 Å². The molecule has 0 bridgehead atoms. The Kier molecular flexibility index (Phi) is 5.74. The minimum absolute atomic E-state index is 0.854. The van der Waals surface area contributed by atoms with E-state index in [1.54, 1.807) is 23.5 Å². The topological polar surface area (TPSA) is 83.1 Å². The molecule has 0 aliphatic rings. The Morgan fingerprint density at radius 3 is 1.44 bits per heavy atom. The first-order valence-corrected chi connectivity index (χ1v) is 12.8. The Morgan fingerprint density at radius 1 is 0.559 bits per heavy atom. The minimum atomic E-state index is 0.854. The molecule has 6 rings (SSSR count). The number of rotatable bonds is 7. The van der Waals surface area contributed by atoms with Crippen molar-refractivity contribution < 1.29 is 0 Å². The summed E-state index contributed by atoms with van der Waals surface area (Å²) < 4.78 is 0. The molecule has 166 valence electrons. The van der Waals surface area contributed by atoms with E-state index in [1.807, 2.05) is 49.1 Å². The molecule has 6 nitrogen and oxygen atoms in total. The predicted octanol–water partition coefficient (Wildman–Crippen LogP) is 6.48. The molecular weight excluding hydrogens is 460 g/mol. The Hall–Kier alpha value is -3.62. The number of benzene rings is 2. The number of nitrogens with one attached hydrogen (secondary N) is 2. The molecule has 0 saturated carbocycles. The zero-order valence-corrected chi connectivity index (χ0v) is 19.7. The second kappa shape index (κ2) is 9.32. The van der Waals surface area contributed by atoms with Crippen LogP contribution in [-0.4, -0.2) is 29.9 Å². The van der Waals surface area contributed by atoms with Crippen LogP contribution in [0.25, 0.3) is 33.2 Å². The van der Waals surface area contributed by atoms with Crippen molar-refractivity contribution in [3.05, 3.63) is 96.6 Å². The summed E-state index contributed by atoms with van der Waals surface area (Å²) >= 11 is 3.39. The molecule has 4 heterocycles. The molecule has 2 aromatic carbocycles. The summed E-state index contributed by atoms with van der Waals surface area (Å²) in [5.41, 5.74) is 8.76. The first kappa shape index (κ1) is 20.9. The highest BCUT2D eigenvalue weighted by Crippen LogP contribution is 2.30. The van der Waals surface area contributed by atoms with Crippen LogP contribution in [0.3, 0.4) is 0 Å². The van der Waals surface area contributed by atoms with Gasteiger partial charge in [0.1, 0.15) is 0 Å². The SMILES string of the molecule is c1cc(CSc2nc3ccc(-c4ccc5nc(SCc6ccncc6)[nH]c5c4)cc3[nH]2)ccn1. The molecule has 0 spiro atoms. The first-order valence-electron chi connectivity index (χ1n) is 10.8. The summed E-state index contributed by atoms with van der Waals surface area (Å²) in [5, 5.41) is 1.84. The lowest BCUT2D eigenvalue weighted by atomic mass is 10.0. The highest BCUT2D eigenvalue weighted by atomic mass is 32.2. The third-order valence-corrected chi connectivity index (χ3v) is 7.39. The molecule has 0 aliphatic carbocycles. The Balaban J connectivity index is 1.20. The van der Waals surface area contributed by atoms with Crippen LogP contribution in [0.5, 0.6) is 0 Å². The quantitative estimate of drug-likeness (QED) is 0.254. The van der Waals surface area contributed by atoms with Gasteiger partial charge in [0.05, 0.1) is 22.1 Å². The van der Waals surface area contributed by atoms with Gasteiger partial charge in [-0.1, -0.05) is 35.7 Å². The molecule has 0 atom stereocenters. The lowest BCUT2D eigenvalue weighted by molar-refractivity contribution is 1.08. The molecule has 34 heavy (non-hydrogen) atoms. The fourth-order valence-corrected chi connectivity index (χ4v) is 5.41. The number of hydrogen-bond donors (Lipinski definition) is 2. The van der Waals surface area contributed by atoms with E-state index >= 15 is 0 Å². The van der Waals surface area contributed by atoms with Gasteiger partial charge in [-0.2, -0.15) is 0 Å². The molecule has 0 unspecified atom stereocenters. The summed E-state index contributed by atoms with van der Waals surface area (Å²) in [7, 11) is 0. The smallest absolute Gasteiger partial charge is 0.166 e. The van der Waals surface area contributed by atoms with E-state index in [0.717, 1.165) is 55.0 Å². The summed E-state index contributed by atoms with van der Waals surface area (Å²) in [6.45, 7) is 0. The number of imidazole rings is 2. The molecule has 0 radical (unpaired) electrons. The van der Waals surface area contributed by atoms with Crippen molar-refractivity contribution in [2.45, 2.75) is 21.8 Å². The van der Waals surface area contributed by atoms with E-state index in [1.165, 1.54) is 11.1 Å². The van der Waals surface area contributed by atoms with Gasteiger partial charge in [-0.05, 0) is 70.8 Å². The average Bonchev–Trinajstić information content (AvgIpc) is 3.50. The summed E-state index contributed by atoms with van der Waals surface area (Å²) in [4.78, 5) is 24.5. The van der Waals surface area contributed by atoms with Gasteiger partial charge in [-0.25, -0.2) is 9.97 Å². The number of thioether (sulfide) groups is 2. The molecule has 4 aromatic heterocycles. The maximum Gasteiger partial charge on any atom is 0.166 e. The van der Waals surface area contributed by atoms with E-state index in [0.29, 0.717) is 0 Å². The number of fused-ring (bicyclic) bond motifs is 2. The number of aromatic nitrogens is 6. The summed E-state index contributed by atoms with van der Waals surface area (Å²) in [5.74, 6) is 1.71. The maximum atomic E-state index is 4.73. The summed E-state index contributed by atoms with van der Waals surface area (Å²) in [6.07, 6.45) is 7.28. The van der Waals surface area contributed by atoms with Crippen molar-refractivity contribution >= 4 is 45.6 Å². The molecule has 6 aromatic rings. The Labute approximate surface area is 204 Å². The zero-order valence-electron chi connectivity index (χ0n) is 18.1. The second-order valence-corrected chi connectivity index (χ2v) is 9.76. The van der Waals surface area contributed by atoms with E-state index in [2.05, 4.69) is 56.3 Å². The third-order valence-electron chi connectivity index (χ3n) is 5.50. The van der Waals surface area contributed by atoms with Crippen molar-refractivity contribution in [3.63, 3.8) is 0 Å². The average molecular weight is 481 g/mol.